The number of pyridine rings is 1. The van der Waals surface area contributed by atoms with Gasteiger partial charge in [0, 0.05) is 31.9 Å². The Labute approximate surface area is 129 Å². The Balaban J connectivity index is 1.73. The largest absolute Gasteiger partial charge is 0.421 e. The van der Waals surface area contributed by atoms with Gasteiger partial charge in [-0.3, -0.25) is 4.98 Å². The predicted molar refractivity (Wildman–Crippen MR) is 83.2 cm³/mol. The van der Waals surface area contributed by atoms with Crippen LogP contribution in [-0.2, 0) is 11.2 Å². The molecule has 0 aliphatic rings. The number of hydrogen-bond donors (Lipinski definition) is 0. The molecule has 112 valence electrons. The molecule has 0 bridgehead atoms. The lowest BCUT2D eigenvalue weighted by atomic mass is 10.1. The fraction of sp³-hybridized carbons (Fsp3) is 0.235. The minimum absolute atomic E-state index is 0.500. The van der Waals surface area contributed by atoms with Crippen molar-refractivity contribution in [2.75, 3.05) is 13.7 Å². The van der Waals surface area contributed by atoms with E-state index >= 15 is 0 Å². The van der Waals surface area contributed by atoms with Crippen LogP contribution in [0.15, 0.2) is 53.1 Å². The van der Waals surface area contributed by atoms with Crippen molar-refractivity contribution < 1.29 is 9.15 Å². The summed E-state index contributed by atoms with van der Waals surface area (Å²) in [5, 5.41) is 8.12. The molecule has 0 aliphatic heterocycles. The first-order valence-electron chi connectivity index (χ1n) is 7.20. The summed E-state index contributed by atoms with van der Waals surface area (Å²) < 4.78 is 10.7. The fourth-order valence-electron chi connectivity index (χ4n) is 2.14. The normalized spacial score (nSPS) is 10.8. The van der Waals surface area contributed by atoms with Crippen molar-refractivity contribution in [3.05, 3.63) is 54.6 Å². The third-order valence-corrected chi connectivity index (χ3v) is 3.29. The number of methoxy groups -OCH3 is 1. The van der Waals surface area contributed by atoms with Crippen LogP contribution in [0.1, 0.15) is 12.3 Å². The highest BCUT2D eigenvalue weighted by Crippen LogP contribution is 2.21. The molecule has 1 aromatic carbocycles. The lowest BCUT2D eigenvalue weighted by Crippen LogP contribution is -1.92. The van der Waals surface area contributed by atoms with Crippen LogP contribution in [0.4, 0.5) is 0 Å². The highest BCUT2D eigenvalue weighted by atomic mass is 16.5. The van der Waals surface area contributed by atoms with Crippen molar-refractivity contribution in [2.45, 2.75) is 12.8 Å². The maximum Gasteiger partial charge on any atom is 0.249 e. The van der Waals surface area contributed by atoms with Gasteiger partial charge in [0.2, 0.25) is 11.8 Å². The molecule has 22 heavy (non-hydrogen) atoms. The quantitative estimate of drug-likeness (QED) is 0.652. The monoisotopic (exact) mass is 295 g/mol. The third-order valence-electron chi connectivity index (χ3n) is 3.29. The van der Waals surface area contributed by atoms with E-state index in [9.17, 15) is 0 Å². The topological polar surface area (TPSA) is 61.0 Å². The molecule has 0 aliphatic carbocycles. The van der Waals surface area contributed by atoms with E-state index in [0.29, 0.717) is 18.4 Å². The Bertz CT molecular complexity index is 708. The summed E-state index contributed by atoms with van der Waals surface area (Å²) in [6, 6.07) is 13.9. The molecule has 5 heteroatoms. The number of aryl methyl sites for hydroxylation is 1. The van der Waals surface area contributed by atoms with Crippen LogP contribution in [0.25, 0.3) is 22.7 Å². The fourth-order valence-corrected chi connectivity index (χ4v) is 2.14. The van der Waals surface area contributed by atoms with Gasteiger partial charge in [-0.2, -0.15) is 0 Å². The Kier molecular flexibility index (Phi) is 4.56. The molecule has 3 rings (SSSR count). The van der Waals surface area contributed by atoms with Crippen molar-refractivity contribution in [3.63, 3.8) is 0 Å². The number of hydrogen-bond acceptors (Lipinski definition) is 5. The van der Waals surface area contributed by atoms with E-state index in [1.54, 1.807) is 13.3 Å². The van der Waals surface area contributed by atoms with Gasteiger partial charge in [0.1, 0.15) is 0 Å². The van der Waals surface area contributed by atoms with Crippen molar-refractivity contribution in [3.8, 4) is 22.7 Å². The average molecular weight is 295 g/mol. The lowest BCUT2D eigenvalue weighted by molar-refractivity contribution is 0.193. The van der Waals surface area contributed by atoms with E-state index < -0.39 is 0 Å². The molecule has 2 aromatic heterocycles. The summed E-state index contributed by atoms with van der Waals surface area (Å²) in [4.78, 5) is 4.46. The van der Waals surface area contributed by atoms with Crippen molar-refractivity contribution in [1.82, 2.24) is 15.2 Å². The molecule has 0 unspecified atom stereocenters. The van der Waals surface area contributed by atoms with Crippen molar-refractivity contribution in [1.29, 1.82) is 0 Å². The zero-order chi connectivity index (χ0) is 15.2. The molecule has 0 atom stereocenters. The molecule has 0 radical (unpaired) electrons. The van der Waals surface area contributed by atoms with Crippen LogP contribution in [-0.4, -0.2) is 28.9 Å². The second kappa shape index (κ2) is 6.95. The summed E-state index contributed by atoms with van der Waals surface area (Å²) in [6.07, 6.45) is 3.34. The van der Waals surface area contributed by atoms with Crippen LogP contribution < -0.4 is 0 Å². The Morgan fingerprint density at radius 1 is 1.00 bits per heavy atom. The lowest BCUT2D eigenvalue weighted by Gasteiger charge is -2.01. The molecule has 3 aromatic rings. The molecule has 5 nitrogen and oxygen atoms in total. The average Bonchev–Trinajstić information content (AvgIpc) is 3.05. The van der Waals surface area contributed by atoms with Gasteiger partial charge in [-0.15, -0.1) is 10.2 Å². The minimum Gasteiger partial charge on any atom is -0.421 e. The number of aromatic nitrogens is 3. The smallest absolute Gasteiger partial charge is 0.249 e. The Hall–Kier alpha value is -2.53. The minimum atomic E-state index is 0.500. The van der Waals surface area contributed by atoms with Gasteiger partial charge < -0.3 is 9.15 Å². The highest BCUT2D eigenvalue weighted by Gasteiger charge is 2.09. The van der Waals surface area contributed by atoms with E-state index in [-0.39, 0.29) is 0 Å². The molecule has 0 amide bonds. The zero-order valence-electron chi connectivity index (χ0n) is 12.4. The van der Waals surface area contributed by atoms with Crippen LogP contribution in [0.2, 0.25) is 0 Å². The first kappa shape index (κ1) is 14.4. The summed E-state index contributed by atoms with van der Waals surface area (Å²) in [5.41, 5.74) is 2.83. The Morgan fingerprint density at radius 3 is 2.59 bits per heavy atom. The van der Waals surface area contributed by atoms with Gasteiger partial charge >= 0.3 is 0 Å². The molecule has 0 saturated carbocycles. The second-order valence-corrected chi connectivity index (χ2v) is 4.90. The molecule has 0 spiro atoms. The maximum absolute atomic E-state index is 5.64. The highest BCUT2D eigenvalue weighted by molar-refractivity contribution is 5.62. The first-order chi connectivity index (χ1) is 10.9. The zero-order valence-corrected chi connectivity index (χ0v) is 12.4. The standard InChI is InChI=1S/C17H17N3O2/c1-21-11-5-8-16-19-20-17(22-16)14-9-10-15(18-12-14)13-6-3-2-4-7-13/h2-4,6-7,9-10,12H,5,8,11H2,1H3. The molecule has 0 N–H and O–H groups in total. The van der Waals surface area contributed by atoms with Crippen LogP contribution >= 0.6 is 0 Å². The van der Waals surface area contributed by atoms with E-state index in [0.717, 1.165) is 29.7 Å². The summed E-state index contributed by atoms with van der Waals surface area (Å²) in [5.74, 6) is 1.12. The van der Waals surface area contributed by atoms with Gasteiger partial charge in [0.05, 0.1) is 11.3 Å². The van der Waals surface area contributed by atoms with Crippen LogP contribution in [0, 0.1) is 0 Å². The van der Waals surface area contributed by atoms with Gasteiger partial charge in [-0.1, -0.05) is 30.3 Å². The Morgan fingerprint density at radius 2 is 1.86 bits per heavy atom. The molecular weight excluding hydrogens is 278 g/mol. The third kappa shape index (κ3) is 3.38. The number of rotatable bonds is 6. The first-order valence-corrected chi connectivity index (χ1v) is 7.20. The number of nitrogens with zero attached hydrogens (tertiary/aromatic N) is 3. The SMILES string of the molecule is COCCCc1nnc(-c2ccc(-c3ccccc3)nc2)o1. The summed E-state index contributed by atoms with van der Waals surface area (Å²) >= 11 is 0. The van der Waals surface area contributed by atoms with E-state index in [2.05, 4.69) is 15.2 Å². The van der Waals surface area contributed by atoms with Gasteiger partial charge in [-0.05, 0) is 18.6 Å². The van der Waals surface area contributed by atoms with Crippen molar-refractivity contribution in [2.24, 2.45) is 0 Å². The van der Waals surface area contributed by atoms with E-state index in [1.807, 2.05) is 42.5 Å². The number of benzene rings is 1. The van der Waals surface area contributed by atoms with E-state index in [4.69, 9.17) is 9.15 Å². The van der Waals surface area contributed by atoms with Crippen LogP contribution in [0.5, 0.6) is 0 Å². The van der Waals surface area contributed by atoms with Gasteiger partial charge in [0.25, 0.3) is 0 Å². The molecule has 0 saturated heterocycles. The summed E-state index contributed by atoms with van der Waals surface area (Å²) in [6.45, 7) is 0.686. The second-order valence-electron chi connectivity index (χ2n) is 4.90. The van der Waals surface area contributed by atoms with E-state index in [1.165, 1.54) is 0 Å². The number of ether oxygens (including phenoxy) is 1. The predicted octanol–water partition coefficient (Wildman–Crippen LogP) is 3.38. The summed E-state index contributed by atoms with van der Waals surface area (Å²) in [7, 11) is 1.68. The van der Waals surface area contributed by atoms with Gasteiger partial charge in [-0.25, -0.2) is 0 Å². The molecule has 0 fully saturated rings. The van der Waals surface area contributed by atoms with Gasteiger partial charge in [0.15, 0.2) is 0 Å². The molecular formula is C17H17N3O2. The molecule has 2 heterocycles. The van der Waals surface area contributed by atoms with Crippen molar-refractivity contribution >= 4 is 0 Å². The van der Waals surface area contributed by atoms with Crippen LogP contribution in [0.3, 0.4) is 0 Å². The maximum atomic E-state index is 5.64.